The monoisotopic (exact) mass is 366 g/mol. The molecule has 140 valence electrons. The molecule has 0 amide bonds. The molecule has 1 aromatic heterocycles. The fraction of sp³-hybridized carbons (Fsp3) is 0.789. The lowest BCUT2D eigenvalue weighted by Gasteiger charge is -2.32. The average molecular weight is 367 g/mol. The van der Waals surface area contributed by atoms with E-state index in [1.165, 1.54) is 32.1 Å². The van der Waals surface area contributed by atoms with Crippen molar-refractivity contribution in [1.82, 2.24) is 9.88 Å². The number of rotatable bonds is 5. The summed E-state index contributed by atoms with van der Waals surface area (Å²) in [7, 11) is 2.13. The van der Waals surface area contributed by atoms with Crippen molar-refractivity contribution in [3.63, 3.8) is 0 Å². The molecule has 1 aliphatic heterocycles. The normalized spacial score (nSPS) is 24.6. The number of likely N-dealkylation sites (N-methyl/N-ethyl adjacent to an activating group) is 1. The summed E-state index contributed by atoms with van der Waals surface area (Å²) in [4.78, 5) is 9.04. The lowest BCUT2D eigenvalue weighted by molar-refractivity contribution is 0.273. The number of anilines is 1. The predicted molar refractivity (Wildman–Crippen MR) is 102 cm³/mol. The van der Waals surface area contributed by atoms with Gasteiger partial charge in [-0.15, -0.1) is 12.4 Å². The van der Waals surface area contributed by atoms with Crippen LogP contribution in [0.2, 0.25) is 0 Å². The van der Waals surface area contributed by atoms with Crippen LogP contribution in [0, 0.1) is 17.2 Å². The first-order valence-corrected chi connectivity index (χ1v) is 9.55. The van der Waals surface area contributed by atoms with Gasteiger partial charge in [-0.1, -0.05) is 26.2 Å². The molecule has 25 heavy (non-hydrogen) atoms. The number of unbranched alkanes of at least 4 members (excludes halogenated alkanes) is 1. The molecule has 1 aliphatic carbocycles. The second kappa shape index (κ2) is 9.45. The van der Waals surface area contributed by atoms with Gasteiger partial charge < -0.3 is 14.2 Å². The molecule has 0 atom stereocenters. The van der Waals surface area contributed by atoms with Crippen LogP contribution in [0.25, 0.3) is 0 Å². The highest BCUT2D eigenvalue weighted by Crippen LogP contribution is 2.39. The number of oxazole rings is 1. The Bertz CT molecular complexity index is 566. The molecule has 0 radical (unpaired) electrons. The van der Waals surface area contributed by atoms with Gasteiger partial charge in [0.2, 0.25) is 17.5 Å². The molecular weight excluding hydrogens is 336 g/mol. The highest BCUT2D eigenvalue weighted by molar-refractivity contribution is 5.85. The Morgan fingerprint density at radius 2 is 1.84 bits per heavy atom. The molecule has 2 fully saturated rings. The molecule has 0 unspecified atom stereocenters. The molecule has 2 heterocycles. The Kier molecular flexibility index (Phi) is 7.58. The second-order valence-corrected chi connectivity index (χ2v) is 7.47. The van der Waals surface area contributed by atoms with E-state index in [0.29, 0.717) is 17.5 Å². The molecule has 0 bridgehead atoms. The van der Waals surface area contributed by atoms with Crippen molar-refractivity contribution in [2.75, 3.05) is 38.1 Å². The number of hydrogen-bond donors (Lipinski definition) is 0. The van der Waals surface area contributed by atoms with E-state index < -0.39 is 0 Å². The molecule has 1 aromatic rings. The van der Waals surface area contributed by atoms with E-state index in [1.807, 2.05) is 0 Å². The number of hydrogen-bond acceptors (Lipinski definition) is 5. The highest BCUT2D eigenvalue weighted by atomic mass is 35.5. The molecule has 0 N–H and O–H groups in total. The molecule has 5 nitrogen and oxygen atoms in total. The summed E-state index contributed by atoms with van der Waals surface area (Å²) < 4.78 is 6.11. The minimum Gasteiger partial charge on any atom is -0.423 e. The van der Waals surface area contributed by atoms with Crippen LogP contribution >= 0.6 is 12.4 Å². The summed E-state index contributed by atoms with van der Waals surface area (Å²) in [6.45, 7) is 6.09. The first-order valence-electron chi connectivity index (χ1n) is 9.55. The average Bonchev–Trinajstić information content (AvgIpc) is 3.05. The van der Waals surface area contributed by atoms with E-state index in [-0.39, 0.29) is 12.4 Å². The van der Waals surface area contributed by atoms with E-state index in [0.717, 1.165) is 50.8 Å². The third-order valence-electron chi connectivity index (χ3n) is 5.68. The number of halogens is 1. The lowest BCUT2D eigenvalue weighted by atomic mass is 9.80. The molecule has 2 aliphatic rings. The van der Waals surface area contributed by atoms with Gasteiger partial charge in [-0.3, -0.25) is 0 Å². The number of piperazine rings is 1. The van der Waals surface area contributed by atoms with Crippen LogP contribution in [0.3, 0.4) is 0 Å². The van der Waals surface area contributed by atoms with E-state index in [2.05, 4.69) is 34.8 Å². The van der Waals surface area contributed by atoms with E-state index in [4.69, 9.17) is 4.42 Å². The largest absolute Gasteiger partial charge is 0.423 e. The molecule has 3 rings (SSSR count). The maximum Gasteiger partial charge on any atom is 0.234 e. The van der Waals surface area contributed by atoms with Gasteiger partial charge in [0.1, 0.15) is 6.07 Å². The standard InChI is InChI=1S/C19H30N4O.ClH/c1-3-4-5-15-6-8-16(9-7-15)18-21-17(14-20)19(24-18)23-12-10-22(2)11-13-23;/h15-16H,3-13H2,1-2H3;1H. The maximum atomic E-state index is 9.44. The van der Waals surface area contributed by atoms with Gasteiger partial charge in [0.05, 0.1) is 0 Å². The van der Waals surface area contributed by atoms with Gasteiger partial charge in [-0.25, -0.2) is 4.98 Å². The van der Waals surface area contributed by atoms with Crippen LogP contribution in [0.1, 0.15) is 69.4 Å². The van der Waals surface area contributed by atoms with Crippen molar-refractivity contribution in [3.05, 3.63) is 11.6 Å². The van der Waals surface area contributed by atoms with Gasteiger partial charge in [0, 0.05) is 32.1 Å². The zero-order valence-electron chi connectivity index (χ0n) is 15.5. The Labute approximate surface area is 157 Å². The van der Waals surface area contributed by atoms with Gasteiger partial charge in [0.15, 0.2) is 0 Å². The van der Waals surface area contributed by atoms with Crippen LogP contribution in [0.5, 0.6) is 0 Å². The highest BCUT2D eigenvalue weighted by Gasteiger charge is 2.29. The Morgan fingerprint density at radius 1 is 1.16 bits per heavy atom. The number of nitriles is 1. The van der Waals surface area contributed by atoms with Crippen molar-refractivity contribution < 1.29 is 4.42 Å². The number of aromatic nitrogens is 1. The van der Waals surface area contributed by atoms with Crippen LogP contribution in [-0.2, 0) is 0 Å². The van der Waals surface area contributed by atoms with Crippen molar-refractivity contribution in [2.24, 2.45) is 5.92 Å². The van der Waals surface area contributed by atoms with E-state index in [9.17, 15) is 5.26 Å². The molecular formula is C19H31ClN4O. The minimum atomic E-state index is 0. The van der Waals surface area contributed by atoms with Crippen LogP contribution in [0.4, 0.5) is 5.88 Å². The summed E-state index contributed by atoms with van der Waals surface area (Å²) in [6.07, 6.45) is 8.87. The molecule has 1 saturated heterocycles. The zero-order valence-corrected chi connectivity index (χ0v) is 16.4. The Balaban J connectivity index is 0.00000225. The Hall–Kier alpha value is -1.25. The second-order valence-electron chi connectivity index (χ2n) is 7.47. The van der Waals surface area contributed by atoms with Crippen LogP contribution in [0.15, 0.2) is 4.42 Å². The van der Waals surface area contributed by atoms with Crippen molar-refractivity contribution in [2.45, 2.75) is 57.8 Å². The summed E-state index contributed by atoms with van der Waals surface area (Å²) in [5, 5.41) is 9.44. The quantitative estimate of drug-likeness (QED) is 0.782. The lowest BCUT2D eigenvalue weighted by Crippen LogP contribution is -2.44. The van der Waals surface area contributed by atoms with Gasteiger partial charge in [-0.05, 0) is 38.6 Å². The van der Waals surface area contributed by atoms with Crippen molar-refractivity contribution >= 4 is 18.3 Å². The summed E-state index contributed by atoms with van der Waals surface area (Å²) in [5.41, 5.74) is 0.475. The SMILES string of the molecule is CCCCC1CCC(c2nc(C#N)c(N3CCN(C)CC3)o2)CC1.Cl. The third kappa shape index (κ3) is 4.89. The fourth-order valence-corrected chi connectivity index (χ4v) is 3.99. The predicted octanol–water partition coefficient (Wildman–Crippen LogP) is 4.18. The van der Waals surface area contributed by atoms with Gasteiger partial charge in [0.25, 0.3) is 0 Å². The Morgan fingerprint density at radius 3 is 2.44 bits per heavy atom. The first kappa shape index (κ1) is 20.1. The topological polar surface area (TPSA) is 56.3 Å². The molecule has 0 aromatic carbocycles. The maximum absolute atomic E-state index is 9.44. The summed E-state index contributed by atoms with van der Waals surface area (Å²) >= 11 is 0. The van der Waals surface area contributed by atoms with Crippen molar-refractivity contribution in [1.29, 1.82) is 5.26 Å². The third-order valence-corrected chi connectivity index (χ3v) is 5.68. The van der Waals surface area contributed by atoms with Gasteiger partial charge >= 0.3 is 0 Å². The van der Waals surface area contributed by atoms with Crippen LogP contribution < -0.4 is 4.90 Å². The van der Waals surface area contributed by atoms with E-state index in [1.54, 1.807) is 0 Å². The summed E-state index contributed by atoms with van der Waals surface area (Å²) in [5.74, 6) is 2.78. The molecule has 0 spiro atoms. The summed E-state index contributed by atoms with van der Waals surface area (Å²) in [6, 6.07) is 2.24. The minimum absolute atomic E-state index is 0. The number of nitrogens with zero attached hydrogens (tertiary/aromatic N) is 4. The van der Waals surface area contributed by atoms with Crippen LogP contribution in [-0.4, -0.2) is 43.1 Å². The first-order chi connectivity index (χ1) is 11.7. The van der Waals surface area contributed by atoms with Crippen molar-refractivity contribution in [3.8, 4) is 6.07 Å². The van der Waals surface area contributed by atoms with E-state index >= 15 is 0 Å². The fourth-order valence-electron chi connectivity index (χ4n) is 3.99. The molecule has 1 saturated carbocycles. The smallest absolute Gasteiger partial charge is 0.234 e. The van der Waals surface area contributed by atoms with Gasteiger partial charge in [-0.2, -0.15) is 5.26 Å². The molecule has 6 heteroatoms. The zero-order chi connectivity index (χ0) is 16.9.